The van der Waals surface area contributed by atoms with E-state index in [0.717, 1.165) is 52.1 Å². The van der Waals surface area contributed by atoms with Gasteiger partial charge in [-0.25, -0.2) is 4.98 Å². The Hall–Kier alpha value is -2.88. The second-order valence-electron chi connectivity index (χ2n) is 6.75. The SMILES string of the molecule is C=C1C2=C(C=C3c4nc5ccccc5cc4CN13)C(CC)C(=O)OC2. The van der Waals surface area contributed by atoms with Crippen LogP contribution in [0.2, 0.25) is 0 Å². The van der Waals surface area contributed by atoms with Crippen LogP contribution < -0.4 is 0 Å². The highest BCUT2D eigenvalue weighted by molar-refractivity contribution is 5.87. The van der Waals surface area contributed by atoms with E-state index in [1.807, 2.05) is 25.1 Å². The Morgan fingerprint density at radius 3 is 3.04 bits per heavy atom. The fourth-order valence-electron chi connectivity index (χ4n) is 4.07. The van der Waals surface area contributed by atoms with Gasteiger partial charge >= 0.3 is 5.97 Å². The third-order valence-electron chi connectivity index (χ3n) is 5.41. The van der Waals surface area contributed by atoms with E-state index in [9.17, 15) is 4.79 Å². The summed E-state index contributed by atoms with van der Waals surface area (Å²) in [6.07, 6.45) is 2.86. The molecular formula is C21H18N2O2. The summed E-state index contributed by atoms with van der Waals surface area (Å²) in [4.78, 5) is 19.2. The first kappa shape index (κ1) is 14.5. The molecule has 0 saturated carbocycles. The second kappa shape index (κ2) is 5.06. The Bertz CT molecular complexity index is 1020. The van der Waals surface area contributed by atoms with Crippen LogP contribution in [0, 0.1) is 5.92 Å². The molecular weight excluding hydrogens is 312 g/mol. The molecule has 25 heavy (non-hydrogen) atoms. The van der Waals surface area contributed by atoms with Crippen molar-refractivity contribution in [2.75, 3.05) is 6.61 Å². The molecule has 4 nitrogen and oxygen atoms in total. The van der Waals surface area contributed by atoms with Crippen LogP contribution in [-0.2, 0) is 16.1 Å². The molecule has 1 aromatic carbocycles. The van der Waals surface area contributed by atoms with Crippen molar-refractivity contribution < 1.29 is 9.53 Å². The molecule has 3 aliphatic heterocycles. The fraction of sp³-hybridized carbons (Fsp3) is 0.238. The van der Waals surface area contributed by atoms with E-state index in [0.29, 0.717) is 6.61 Å². The molecule has 124 valence electrons. The Morgan fingerprint density at radius 1 is 1.36 bits per heavy atom. The number of carbonyl (C=O) groups is 1. The number of hydrogen-bond acceptors (Lipinski definition) is 4. The van der Waals surface area contributed by atoms with E-state index in [1.165, 1.54) is 5.56 Å². The Morgan fingerprint density at radius 2 is 2.20 bits per heavy atom. The van der Waals surface area contributed by atoms with Gasteiger partial charge in [-0.05, 0) is 30.2 Å². The number of esters is 1. The highest BCUT2D eigenvalue weighted by atomic mass is 16.5. The summed E-state index contributed by atoms with van der Waals surface area (Å²) < 4.78 is 5.38. The van der Waals surface area contributed by atoms with Crippen molar-refractivity contribution in [2.45, 2.75) is 19.9 Å². The molecule has 0 radical (unpaired) electrons. The highest BCUT2D eigenvalue weighted by Crippen LogP contribution is 2.45. The quantitative estimate of drug-likeness (QED) is 0.746. The number of aromatic nitrogens is 1. The van der Waals surface area contributed by atoms with Crippen molar-refractivity contribution in [1.82, 2.24) is 9.88 Å². The zero-order valence-electron chi connectivity index (χ0n) is 14.1. The molecule has 4 heterocycles. The summed E-state index contributed by atoms with van der Waals surface area (Å²) in [6, 6.07) is 10.4. The number of benzene rings is 1. The van der Waals surface area contributed by atoms with Gasteiger partial charge < -0.3 is 9.64 Å². The van der Waals surface area contributed by atoms with E-state index in [4.69, 9.17) is 9.72 Å². The number of ether oxygens (including phenoxy) is 1. The first-order valence-corrected chi connectivity index (χ1v) is 8.64. The standard InChI is InChI=1S/C21H18N2O2/c1-3-15-16-9-19-20-14(8-13-6-4-5-7-18(13)22-20)10-23(19)12(2)17(16)11-25-21(15)24/h4-9,15H,2-3,10-11H2,1H3. The molecule has 4 heteroatoms. The molecule has 0 N–H and O–H groups in total. The molecule has 3 aliphatic rings. The maximum Gasteiger partial charge on any atom is 0.313 e. The van der Waals surface area contributed by atoms with Gasteiger partial charge in [-0.1, -0.05) is 31.7 Å². The molecule has 0 fully saturated rings. The van der Waals surface area contributed by atoms with Gasteiger partial charge in [0.15, 0.2) is 0 Å². The van der Waals surface area contributed by atoms with Crippen molar-refractivity contribution in [2.24, 2.45) is 5.92 Å². The Kier molecular flexibility index (Phi) is 2.93. The van der Waals surface area contributed by atoms with Gasteiger partial charge in [0, 0.05) is 22.2 Å². The lowest BCUT2D eigenvalue weighted by molar-refractivity contribution is -0.147. The van der Waals surface area contributed by atoms with Crippen LogP contribution >= 0.6 is 0 Å². The molecule has 1 aromatic heterocycles. The summed E-state index contributed by atoms with van der Waals surface area (Å²) in [7, 11) is 0. The highest BCUT2D eigenvalue weighted by Gasteiger charge is 2.38. The van der Waals surface area contributed by atoms with E-state index in [2.05, 4.69) is 29.7 Å². The maximum atomic E-state index is 12.2. The van der Waals surface area contributed by atoms with Crippen molar-refractivity contribution in [3.63, 3.8) is 0 Å². The molecule has 1 atom stereocenters. The van der Waals surface area contributed by atoms with E-state index in [1.54, 1.807) is 0 Å². The zero-order chi connectivity index (χ0) is 17.1. The van der Waals surface area contributed by atoms with Gasteiger partial charge in [-0.2, -0.15) is 0 Å². The Labute approximate surface area is 146 Å². The van der Waals surface area contributed by atoms with E-state index >= 15 is 0 Å². The van der Waals surface area contributed by atoms with Crippen LogP contribution in [-0.4, -0.2) is 22.5 Å². The maximum absolute atomic E-state index is 12.2. The molecule has 5 rings (SSSR count). The van der Waals surface area contributed by atoms with Gasteiger partial charge in [0.05, 0.1) is 29.4 Å². The largest absolute Gasteiger partial charge is 0.460 e. The zero-order valence-corrected chi connectivity index (χ0v) is 14.1. The average Bonchev–Trinajstić information content (AvgIpc) is 2.98. The van der Waals surface area contributed by atoms with Gasteiger partial charge in [0.25, 0.3) is 0 Å². The number of hydrogen-bond donors (Lipinski definition) is 0. The third kappa shape index (κ3) is 1.94. The lowest BCUT2D eigenvalue weighted by Gasteiger charge is -2.35. The predicted octanol–water partition coefficient (Wildman–Crippen LogP) is 3.80. The molecule has 1 unspecified atom stereocenters. The van der Waals surface area contributed by atoms with Crippen molar-refractivity contribution >= 4 is 22.6 Å². The number of carbonyl (C=O) groups excluding carboxylic acids is 1. The molecule has 2 aromatic rings. The minimum Gasteiger partial charge on any atom is -0.460 e. The number of pyridine rings is 1. The topological polar surface area (TPSA) is 42.4 Å². The van der Waals surface area contributed by atoms with Crippen molar-refractivity contribution in [3.05, 3.63) is 71.1 Å². The normalized spacial score (nSPS) is 21.7. The number of nitrogens with zero attached hydrogens (tertiary/aromatic N) is 2. The average molecular weight is 330 g/mol. The van der Waals surface area contributed by atoms with Crippen LogP contribution in [0.3, 0.4) is 0 Å². The van der Waals surface area contributed by atoms with Crippen LogP contribution in [0.15, 0.2) is 59.8 Å². The van der Waals surface area contributed by atoms with Gasteiger partial charge in [-0.3, -0.25) is 4.79 Å². The summed E-state index contributed by atoms with van der Waals surface area (Å²) in [5.41, 5.74) is 7.28. The molecule has 0 amide bonds. The van der Waals surface area contributed by atoms with Crippen LogP contribution in [0.4, 0.5) is 0 Å². The van der Waals surface area contributed by atoms with E-state index < -0.39 is 0 Å². The fourth-order valence-corrected chi connectivity index (χ4v) is 4.07. The molecule has 0 bridgehead atoms. The van der Waals surface area contributed by atoms with Gasteiger partial charge in [0.2, 0.25) is 0 Å². The minimum absolute atomic E-state index is 0.135. The number of para-hydroxylation sites is 1. The third-order valence-corrected chi connectivity index (χ3v) is 5.41. The monoisotopic (exact) mass is 330 g/mol. The van der Waals surface area contributed by atoms with Gasteiger partial charge in [-0.15, -0.1) is 0 Å². The summed E-state index contributed by atoms with van der Waals surface area (Å²) in [6.45, 7) is 7.39. The lowest BCUT2D eigenvalue weighted by Crippen LogP contribution is -2.32. The number of allylic oxidation sites excluding steroid dienone is 1. The predicted molar refractivity (Wildman–Crippen MR) is 96.2 cm³/mol. The molecule has 0 aliphatic carbocycles. The summed E-state index contributed by atoms with van der Waals surface area (Å²) >= 11 is 0. The minimum atomic E-state index is -0.209. The van der Waals surface area contributed by atoms with Crippen LogP contribution in [0.1, 0.15) is 24.6 Å². The summed E-state index contributed by atoms with van der Waals surface area (Å²) in [5.74, 6) is -0.344. The van der Waals surface area contributed by atoms with Crippen molar-refractivity contribution in [1.29, 1.82) is 0 Å². The molecule has 0 saturated heterocycles. The smallest absolute Gasteiger partial charge is 0.313 e. The Balaban J connectivity index is 1.71. The van der Waals surface area contributed by atoms with Gasteiger partial charge in [0.1, 0.15) is 6.61 Å². The van der Waals surface area contributed by atoms with Crippen LogP contribution in [0.25, 0.3) is 16.6 Å². The van der Waals surface area contributed by atoms with Crippen molar-refractivity contribution in [3.8, 4) is 0 Å². The second-order valence-corrected chi connectivity index (χ2v) is 6.75. The first-order chi connectivity index (χ1) is 12.2. The number of rotatable bonds is 1. The van der Waals surface area contributed by atoms with E-state index in [-0.39, 0.29) is 11.9 Å². The summed E-state index contributed by atoms with van der Waals surface area (Å²) in [5, 5.41) is 1.15. The lowest BCUT2D eigenvalue weighted by atomic mass is 9.86. The first-order valence-electron chi connectivity index (χ1n) is 8.64. The van der Waals surface area contributed by atoms with Crippen LogP contribution in [0.5, 0.6) is 0 Å². The molecule has 0 spiro atoms. The number of cyclic esters (lactones) is 1. The number of fused-ring (bicyclic) bond motifs is 4.